The number of nitrogens with one attached hydrogen (secondary N) is 1. The van der Waals surface area contributed by atoms with Crippen LogP contribution in [0.2, 0.25) is 0 Å². The van der Waals surface area contributed by atoms with E-state index in [0.29, 0.717) is 29.4 Å². The maximum absolute atomic E-state index is 14.2. The van der Waals surface area contributed by atoms with Crippen LogP contribution in [0.4, 0.5) is 10.2 Å². The number of anilines is 1. The van der Waals surface area contributed by atoms with Crippen LogP contribution in [-0.2, 0) is 5.41 Å². The number of primary amides is 1. The number of amides is 1. The number of nitrogens with zero attached hydrogens (tertiary/aromatic N) is 5. The van der Waals surface area contributed by atoms with E-state index in [1.54, 1.807) is 24.4 Å². The summed E-state index contributed by atoms with van der Waals surface area (Å²) in [7, 11) is 0. The van der Waals surface area contributed by atoms with Crippen molar-refractivity contribution in [3.8, 4) is 11.4 Å². The third kappa shape index (κ3) is 3.38. The fourth-order valence-corrected chi connectivity index (χ4v) is 3.31. The van der Waals surface area contributed by atoms with Gasteiger partial charge in [-0.1, -0.05) is 6.42 Å². The monoisotopic (exact) mass is 379 g/mol. The van der Waals surface area contributed by atoms with Crippen molar-refractivity contribution in [2.75, 3.05) is 11.9 Å². The van der Waals surface area contributed by atoms with Gasteiger partial charge in [0.15, 0.2) is 0 Å². The summed E-state index contributed by atoms with van der Waals surface area (Å²) in [6.45, 7) is 0.520. The van der Waals surface area contributed by atoms with Crippen LogP contribution in [0.3, 0.4) is 0 Å². The highest BCUT2D eigenvalue weighted by Crippen LogP contribution is 2.43. The first-order chi connectivity index (χ1) is 13.6. The Bertz CT molecular complexity index is 1010. The molecule has 3 aromatic rings. The zero-order valence-corrected chi connectivity index (χ0v) is 15.0. The van der Waals surface area contributed by atoms with Gasteiger partial charge in [0.1, 0.15) is 28.7 Å². The fraction of sp³-hybridized carbons (Fsp3) is 0.263. The van der Waals surface area contributed by atoms with E-state index in [-0.39, 0.29) is 16.9 Å². The molecule has 0 bridgehead atoms. The average Bonchev–Trinajstić information content (AvgIpc) is 2.69. The van der Waals surface area contributed by atoms with Gasteiger partial charge in [0.25, 0.3) is 5.91 Å². The molecule has 28 heavy (non-hydrogen) atoms. The van der Waals surface area contributed by atoms with E-state index >= 15 is 0 Å². The molecule has 3 N–H and O–H groups in total. The molecule has 0 aliphatic heterocycles. The van der Waals surface area contributed by atoms with Crippen LogP contribution in [0.1, 0.15) is 35.4 Å². The smallest absolute Gasteiger partial charge is 0.268 e. The highest BCUT2D eigenvalue weighted by Gasteiger charge is 2.41. The van der Waals surface area contributed by atoms with E-state index in [4.69, 9.17) is 5.73 Å². The Morgan fingerprint density at radius 2 is 2.04 bits per heavy atom. The van der Waals surface area contributed by atoms with E-state index in [1.165, 1.54) is 18.5 Å². The van der Waals surface area contributed by atoms with Crippen LogP contribution in [0.5, 0.6) is 0 Å². The van der Waals surface area contributed by atoms with Crippen LogP contribution < -0.4 is 11.1 Å². The van der Waals surface area contributed by atoms with Gasteiger partial charge in [-0.3, -0.25) is 14.8 Å². The minimum absolute atomic E-state index is 0.0609. The molecule has 3 heterocycles. The minimum atomic E-state index is -0.659. The SMILES string of the molecule is NC(=O)c1cncc(-c2ccc(NCC3(c4ncccc4F)CCC3)nn2)n1. The third-order valence-electron chi connectivity index (χ3n) is 4.99. The van der Waals surface area contributed by atoms with Crippen LogP contribution in [-0.4, -0.2) is 37.6 Å². The third-order valence-corrected chi connectivity index (χ3v) is 4.99. The van der Waals surface area contributed by atoms with Crippen LogP contribution in [0.15, 0.2) is 42.9 Å². The number of carbonyl (C=O) groups is 1. The number of nitrogens with two attached hydrogens (primary N) is 1. The number of hydrogen-bond acceptors (Lipinski definition) is 7. The van der Waals surface area contributed by atoms with Gasteiger partial charge in [0, 0.05) is 18.2 Å². The second-order valence-electron chi connectivity index (χ2n) is 6.78. The summed E-state index contributed by atoms with van der Waals surface area (Å²) < 4.78 is 14.2. The molecule has 1 fully saturated rings. The van der Waals surface area contributed by atoms with E-state index in [2.05, 4.69) is 30.5 Å². The lowest BCUT2D eigenvalue weighted by molar-refractivity contribution is 0.0995. The zero-order valence-electron chi connectivity index (χ0n) is 15.0. The van der Waals surface area contributed by atoms with Crippen molar-refractivity contribution in [2.24, 2.45) is 5.73 Å². The quantitative estimate of drug-likeness (QED) is 0.673. The highest BCUT2D eigenvalue weighted by molar-refractivity contribution is 5.90. The van der Waals surface area contributed by atoms with Crippen molar-refractivity contribution in [3.63, 3.8) is 0 Å². The molecule has 1 aliphatic carbocycles. The molecule has 0 radical (unpaired) electrons. The summed E-state index contributed by atoms with van der Waals surface area (Å²) >= 11 is 0. The van der Waals surface area contributed by atoms with Crippen molar-refractivity contribution in [1.29, 1.82) is 0 Å². The molecule has 4 rings (SSSR count). The Morgan fingerprint density at radius 3 is 2.68 bits per heavy atom. The molecule has 8 nitrogen and oxygen atoms in total. The summed E-state index contributed by atoms with van der Waals surface area (Å²) in [5.74, 6) is -0.378. The highest BCUT2D eigenvalue weighted by atomic mass is 19.1. The molecule has 0 spiro atoms. The van der Waals surface area contributed by atoms with Gasteiger partial charge in [0.2, 0.25) is 0 Å². The lowest BCUT2D eigenvalue weighted by Crippen LogP contribution is -2.42. The summed E-state index contributed by atoms with van der Waals surface area (Å²) in [6, 6.07) is 6.51. The molecule has 0 unspecified atom stereocenters. The summed E-state index contributed by atoms with van der Waals surface area (Å²) in [5.41, 5.74) is 6.33. The Hall–Kier alpha value is -3.49. The normalized spacial score (nSPS) is 14.9. The van der Waals surface area contributed by atoms with Crippen molar-refractivity contribution in [3.05, 3.63) is 60.1 Å². The Balaban J connectivity index is 1.49. The second-order valence-corrected chi connectivity index (χ2v) is 6.78. The molecule has 3 aromatic heterocycles. The number of halogens is 1. The van der Waals surface area contributed by atoms with Crippen molar-refractivity contribution >= 4 is 11.7 Å². The summed E-state index contributed by atoms with van der Waals surface area (Å²) in [6.07, 6.45) is 7.18. The number of carbonyl (C=O) groups excluding carboxylic acids is 1. The standard InChI is InChI=1S/C19H18FN7O/c20-12-3-1-8-23-17(12)19(6-2-7-19)11-24-16-5-4-13(26-27-16)14-9-22-10-15(25-14)18(21)28/h1,3-5,8-10H,2,6-7,11H2,(H2,21,28)(H,24,27). The predicted octanol–water partition coefficient (Wildman–Crippen LogP) is 2.10. The lowest BCUT2D eigenvalue weighted by atomic mass is 9.66. The maximum atomic E-state index is 14.2. The molecule has 1 aliphatic rings. The Morgan fingerprint density at radius 1 is 1.18 bits per heavy atom. The van der Waals surface area contributed by atoms with Crippen LogP contribution >= 0.6 is 0 Å². The largest absolute Gasteiger partial charge is 0.368 e. The van der Waals surface area contributed by atoms with Gasteiger partial charge in [-0.2, -0.15) is 0 Å². The molecule has 9 heteroatoms. The molecule has 0 atom stereocenters. The number of aromatic nitrogens is 5. The Kier molecular flexibility index (Phi) is 4.64. The Labute approximate surface area is 160 Å². The summed E-state index contributed by atoms with van der Waals surface area (Å²) in [4.78, 5) is 23.6. The fourth-order valence-electron chi connectivity index (χ4n) is 3.31. The topological polar surface area (TPSA) is 120 Å². The molecule has 0 aromatic carbocycles. The molecule has 0 saturated heterocycles. The van der Waals surface area contributed by atoms with Gasteiger partial charge in [-0.05, 0) is 37.1 Å². The first-order valence-electron chi connectivity index (χ1n) is 8.88. The minimum Gasteiger partial charge on any atom is -0.368 e. The van der Waals surface area contributed by atoms with Crippen molar-refractivity contribution in [1.82, 2.24) is 25.1 Å². The van der Waals surface area contributed by atoms with Gasteiger partial charge < -0.3 is 11.1 Å². The van der Waals surface area contributed by atoms with E-state index < -0.39 is 5.91 Å². The first kappa shape index (κ1) is 17.9. The van der Waals surface area contributed by atoms with Gasteiger partial charge in [-0.15, -0.1) is 10.2 Å². The summed E-state index contributed by atoms with van der Waals surface area (Å²) in [5, 5.41) is 11.5. The first-order valence-corrected chi connectivity index (χ1v) is 8.88. The average molecular weight is 379 g/mol. The molecule has 142 valence electrons. The van der Waals surface area contributed by atoms with E-state index in [1.807, 2.05) is 0 Å². The van der Waals surface area contributed by atoms with Crippen molar-refractivity contribution < 1.29 is 9.18 Å². The van der Waals surface area contributed by atoms with E-state index in [0.717, 1.165) is 19.3 Å². The molecular weight excluding hydrogens is 361 g/mol. The number of pyridine rings is 1. The van der Waals surface area contributed by atoms with Crippen molar-refractivity contribution in [2.45, 2.75) is 24.7 Å². The molecular formula is C19H18FN7O. The maximum Gasteiger partial charge on any atom is 0.268 e. The number of rotatable bonds is 6. The molecule has 1 amide bonds. The second kappa shape index (κ2) is 7.26. The predicted molar refractivity (Wildman–Crippen MR) is 99.8 cm³/mol. The van der Waals surface area contributed by atoms with Crippen LogP contribution in [0, 0.1) is 5.82 Å². The lowest BCUT2D eigenvalue weighted by Gasteiger charge is -2.41. The zero-order chi connectivity index (χ0) is 19.6. The van der Waals surface area contributed by atoms with E-state index in [9.17, 15) is 9.18 Å². The van der Waals surface area contributed by atoms with Gasteiger partial charge in [-0.25, -0.2) is 9.37 Å². The van der Waals surface area contributed by atoms with Crippen LogP contribution in [0.25, 0.3) is 11.4 Å². The number of hydrogen-bond donors (Lipinski definition) is 2. The van der Waals surface area contributed by atoms with Gasteiger partial charge >= 0.3 is 0 Å². The molecule has 1 saturated carbocycles. The van der Waals surface area contributed by atoms with Gasteiger partial charge in [0.05, 0.1) is 18.1 Å².